The molecule has 2 heteroatoms. The van der Waals surface area contributed by atoms with Crippen LogP contribution in [-0.2, 0) is 0 Å². The molecule has 0 aromatic rings. The fourth-order valence-corrected chi connectivity index (χ4v) is 2.66. The van der Waals surface area contributed by atoms with Gasteiger partial charge in [-0.05, 0) is 31.4 Å². The van der Waals surface area contributed by atoms with Crippen molar-refractivity contribution < 1.29 is 0 Å². The van der Waals surface area contributed by atoms with Gasteiger partial charge in [-0.15, -0.1) is 0 Å². The van der Waals surface area contributed by atoms with Crippen LogP contribution < -0.4 is 5.73 Å². The third-order valence-corrected chi connectivity index (χ3v) is 3.53. The van der Waals surface area contributed by atoms with Crippen LogP contribution in [0.25, 0.3) is 0 Å². The van der Waals surface area contributed by atoms with E-state index in [9.17, 15) is 0 Å². The summed E-state index contributed by atoms with van der Waals surface area (Å²) in [5.41, 5.74) is 5.78. The molecule has 0 aromatic carbocycles. The number of hydrogen-bond acceptors (Lipinski definition) is 2. The predicted molar refractivity (Wildman–Crippen MR) is 48.4 cm³/mol. The molecule has 0 bridgehead atoms. The summed E-state index contributed by atoms with van der Waals surface area (Å²) in [6.45, 7) is 2.24. The molecule has 60 valence electrons. The molecule has 0 heterocycles. The van der Waals surface area contributed by atoms with E-state index < -0.39 is 0 Å². The SMILES string of the molecule is CCCSC1CCC(N)C1. The Balaban J connectivity index is 2.06. The van der Waals surface area contributed by atoms with Crippen molar-refractivity contribution >= 4 is 11.8 Å². The Morgan fingerprint density at radius 2 is 2.30 bits per heavy atom. The highest BCUT2D eigenvalue weighted by Crippen LogP contribution is 2.28. The summed E-state index contributed by atoms with van der Waals surface area (Å²) in [7, 11) is 0. The van der Waals surface area contributed by atoms with E-state index in [4.69, 9.17) is 5.73 Å². The highest BCUT2D eigenvalue weighted by molar-refractivity contribution is 7.99. The second-order valence-corrected chi connectivity index (χ2v) is 4.47. The van der Waals surface area contributed by atoms with Crippen molar-refractivity contribution in [2.75, 3.05) is 5.75 Å². The van der Waals surface area contributed by atoms with Gasteiger partial charge in [0.1, 0.15) is 0 Å². The highest BCUT2D eigenvalue weighted by Gasteiger charge is 2.20. The smallest absolute Gasteiger partial charge is 0.00623 e. The van der Waals surface area contributed by atoms with Crippen LogP contribution in [0.1, 0.15) is 32.6 Å². The Morgan fingerprint density at radius 1 is 1.50 bits per heavy atom. The highest BCUT2D eigenvalue weighted by atomic mass is 32.2. The predicted octanol–water partition coefficient (Wildman–Crippen LogP) is 2.01. The van der Waals surface area contributed by atoms with Gasteiger partial charge < -0.3 is 5.73 Å². The molecule has 0 saturated heterocycles. The molecule has 2 atom stereocenters. The lowest BCUT2D eigenvalue weighted by Crippen LogP contribution is -2.15. The molecule has 1 saturated carbocycles. The van der Waals surface area contributed by atoms with Crippen molar-refractivity contribution in [1.29, 1.82) is 0 Å². The lowest BCUT2D eigenvalue weighted by atomic mass is 10.3. The molecule has 2 unspecified atom stereocenters. The molecule has 1 fully saturated rings. The van der Waals surface area contributed by atoms with E-state index in [2.05, 4.69) is 18.7 Å². The van der Waals surface area contributed by atoms with Gasteiger partial charge in [-0.3, -0.25) is 0 Å². The zero-order valence-corrected chi connectivity index (χ0v) is 7.49. The zero-order chi connectivity index (χ0) is 7.40. The van der Waals surface area contributed by atoms with Crippen molar-refractivity contribution in [2.45, 2.75) is 43.9 Å². The number of thioether (sulfide) groups is 1. The first kappa shape index (κ1) is 8.41. The third kappa shape index (κ3) is 2.51. The van der Waals surface area contributed by atoms with Gasteiger partial charge in [-0.1, -0.05) is 6.92 Å². The van der Waals surface area contributed by atoms with Crippen LogP contribution in [0, 0.1) is 0 Å². The fourth-order valence-electron chi connectivity index (χ4n) is 1.41. The minimum absolute atomic E-state index is 0.509. The van der Waals surface area contributed by atoms with Gasteiger partial charge >= 0.3 is 0 Å². The van der Waals surface area contributed by atoms with Gasteiger partial charge in [0.05, 0.1) is 0 Å². The number of nitrogens with two attached hydrogens (primary N) is 1. The van der Waals surface area contributed by atoms with E-state index in [-0.39, 0.29) is 0 Å². The molecule has 1 rings (SSSR count). The summed E-state index contributed by atoms with van der Waals surface area (Å²) in [6, 6.07) is 0.509. The van der Waals surface area contributed by atoms with Gasteiger partial charge in [0.2, 0.25) is 0 Å². The largest absolute Gasteiger partial charge is 0.328 e. The molecule has 0 spiro atoms. The van der Waals surface area contributed by atoms with Gasteiger partial charge in [-0.2, -0.15) is 11.8 Å². The average molecular weight is 159 g/mol. The first-order valence-corrected chi connectivity index (χ1v) is 5.25. The summed E-state index contributed by atoms with van der Waals surface area (Å²) < 4.78 is 0. The van der Waals surface area contributed by atoms with Crippen molar-refractivity contribution in [3.05, 3.63) is 0 Å². The minimum Gasteiger partial charge on any atom is -0.328 e. The standard InChI is InChI=1S/C8H17NS/c1-2-5-10-8-4-3-7(9)6-8/h7-8H,2-6,9H2,1H3. The Kier molecular flexibility index (Phi) is 3.57. The molecular formula is C8H17NS. The molecular weight excluding hydrogens is 142 g/mol. The topological polar surface area (TPSA) is 26.0 Å². The van der Waals surface area contributed by atoms with Crippen LogP contribution in [0.3, 0.4) is 0 Å². The van der Waals surface area contributed by atoms with E-state index in [1.807, 2.05) is 0 Å². The molecule has 10 heavy (non-hydrogen) atoms. The lowest BCUT2D eigenvalue weighted by Gasteiger charge is -2.06. The van der Waals surface area contributed by atoms with Crippen molar-refractivity contribution in [3.8, 4) is 0 Å². The summed E-state index contributed by atoms with van der Waals surface area (Å²) >= 11 is 2.11. The van der Waals surface area contributed by atoms with E-state index >= 15 is 0 Å². The molecule has 1 aliphatic carbocycles. The monoisotopic (exact) mass is 159 g/mol. The summed E-state index contributed by atoms with van der Waals surface area (Å²) in [5, 5.41) is 0.884. The van der Waals surface area contributed by atoms with E-state index in [1.54, 1.807) is 0 Å². The van der Waals surface area contributed by atoms with Crippen molar-refractivity contribution in [2.24, 2.45) is 5.73 Å². The number of rotatable bonds is 3. The lowest BCUT2D eigenvalue weighted by molar-refractivity contribution is 0.706. The maximum atomic E-state index is 5.78. The maximum Gasteiger partial charge on any atom is 0.00623 e. The number of hydrogen-bond donors (Lipinski definition) is 1. The zero-order valence-electron chi connectivity index (χ0n) is 6.68. The average Bonchev–Trinajstić information content (AvgIpc) is 2.31. The Bertz CT molecular complexity index is 95.3. The van der Waals surface area contributed by atoms with Gasteiger partial charge in [0.15, 0.2) is 0 Å². The van der Waals surface area contributed by atoms with Crippen molar-refractivity contribution in [1.82, 2.24) is 0 Å². The second-order valence-electron chi connectivity index (χ2n) is 3.07. The fraction of sp³-hybridized carbons (Fsp3) is 1.00. The van der Waals surface area contributed by atoms with Crippen LogP contribution >= 0.6 is 11.8 Å². The molecule has 0 amide bonds. The first-order valence-electron chi connectivity index (χ1n) is 4.20. The summed E-state index contributed by atoms with van der Waals surface area (Å²) in [6.07, 6.45) is 5.16. The van der Waals surface area contributed by atoms with Gasteiger partial charge in [-0.25, -0.2) is 0 Å². The van der Waals surface area contributed by atoms with Gasteiger partial charge in [0, 0.05) is 11.3 Å². The second kappa shape index (κ2) is 4.24. The molecule has 0 radical (unpaired) electrons. The van der Waals surface area contributed by atoms with Crippen LogP contribution in [0.15, 0.2) is 0 Å². The molecule has 0 aliphatic heterocycles. The van der Waals surface area contributed by atoms with Gasteiger partial charge in [0.25, 0.3) is 0 Å². The van der Waals surface area contributed by atoms with E-state index in [0.29, 0.717) is 6.04 Å². The van der Waals surface area contributed by atoms with Crippen LogP contribution in [-0.4, -0.2) is 17.0 Å². The van der Waals surface area contributed by atoms with Crippen LogP contribution in [0.4, 0.5) is 0 Å². The van der Waals surface area contributed by atoms with Crippen LogP contribution in [0.5, 0.6) is 0 Å². The molecule has 1 nitrogen and oxygen atoms in total. The van der Waals surface area contributed by atoms with E-state index in [0.717, 1.165) is 5.25 Å². The Labute approximate surface area is 67.8 Å². The Hall–Kier alpha value is 0.310. The maximum absolute atomic E-state index is 5.78. The van der Waals surface area contributed by atoms with Crippen LogP contribution in [0.2, 0.25) is 0 Å². The summed E-state index contributed by atoms with van der Waals surface area (Å²) in [4.78, 5) is 0. The van der Waals surface area contributed by atoms with Crippen molar-refractivity contribution in [3.63, 3.8) is 0 Å². The normalized spacial score (nSPS) is 33.0. The third-order valence-electron chi connectivity index (χ3n) is 1.98. The summed E-state index contributed by atoms with van der Waals surface area (Å²) in [5.74, 6) is 1.32. The molecule has 2 N–H and O–H groups in total. The van der Waals surface area contributed by atoms with E-state index in [1.165, 1.54) is 31.4 Å². The quantitative estimate of drug-likeness (QED) is 0.681. The first-order chi connectivity index (χ1) is 4.83. The minimum atomic E-state index is 0.509. The molecule has 0 aromatic heterocycles. The Morgan fingerprint density at radius 3 is 2.80 bits per heavy atom. The molecule has 1 aliphatic rings.